The Hall–Kier alpha value is -0.660. The number of amides is 1. The SMILES string of the molecule is CCS(=O)(=O)N1C[C@@H]2[C@@H](CNC(=O)CC3CC3)CO[C@@H]2C1. The van der Waals surface area contributed by atoms with Gasteiger partial charge in [0, 0.05) is 37.9 Å². The molecular formula is C14H24N2O4S. The molecule has 0 radical (unpaired) electrons. The largest absolute Gasteiger partial charge is 0.376 e. The number of sulfonamides is 1. The van der Waals surface area contributed by atoms with Gasteiger partial charge >= 0.3 is 0 Å². The van der Waals surface area contributed by atoms with Crippen LogP contribution in [0.15, 0.2) is 0 Å². The molecule has 2 aliphatic heterocycles. The molecule has 3 aliphatic rings. The number of fused-ring (bicyclic) bond motifs is 1. The number of ether oxygens (including phenoxy) is 1. The highest BCUT2D eigenvalue weighted by molar-refractivity contribution is 7.89. The summed E-state index contributed by atoms with van der Waals surface area (Å²) in [6.07, 6.45) is 2.98. The molecule has 3 rings (SSSR count). The van der Waals surface area contributed by atoms with E-state index in [9.17, 15) is 13.2 Å². The highest BCUT2D eigenvalue weighted by atomic mass is 32.2. The Bertz CT molecular complexity index is 503. The molecule has 0 aromatic rings. The number of rotatable bonds is 6. The van der Waals surface area contributed by atoms with E-state index < -0.39 is 10.0 Å². The number of hydrogen-bond acceptors (Lipinski definition) is 4. The van der Waals surface area contributed by atoms with Gasteiger partial charge in [-0.1, -0.05) is 0 Å². The van der Waals surface area contributed by atoms with Crippen molar-refractivity contribution in [1.82, 2.24) is 9.62 Å². The second kappa shape index (κ2) is 5.85. The molecule has 120 valence electrons. The maximum Gasteiger partial charge on any atom is 0.220 e. The normalized spacial score (nSPS) is 33.1. The number of carbonyl (C=O) groups is 1. The lowest BCUT2D eigenvalue weighted by molar-refractivity contribution is -0.121. The molecule has 0 aromatic carbocycles. The monoisotopic (exact) mass is 316 g/mol. The van der Waals surface area contributed by atoms with Gasteiger partial charge in [0.05, 0.1) is 18.5 Å². The van der Waals surface area contributed by atoms with Crippen molar-refractivity contribution in [3.63, 3.8) is 0 Å². The maximum atomic E-state index is 11.9. The maximum absolute atomic E-state index is 11.9. The first-order valence-corrected chi connectivity index (χ1v) is 9.46. The van der Waals surface area contributed by atoms with Gasteiger partial charge in [-0.05, 0) is 25.7 Å². The fourth-order valence-corrected chi connectivity index (χ4v) is 4.42. The standard InChI is InChI=1S/C14H24N2O4S/c1-2-21(18,19)16-7-12-11(9-20-13(12)8-16)6-15-14(17)5-10-3-4-10/h10-13H,2-9H2,1H3,(H,15,17)/t11-,12+,13+/m0/s1. The zero-order chi connectivity index (χ0) is 15.0. The Balaban J connectivity index is 1.50. The van der Waals surface area contributed by atoms with Crippen molar-refractivity contribution in [2.45, 2.75) is 32.3 Å². The van der Waals surface area contributed by atoms with Gasteiger partial charge in [-0.3, -0.25) is 4.79 Å². The van der Waals surface area contributed by atoms with Gasteiger partial charge in [0.15, 0.2) is 0 Å². The van der Waals surface area contributed by atoms with Crippen LogP contribution in [0.4, 0.5) is 0 Å². The van der Waals surface area contributed by atoms with E-state index in [1.54, 1.807) is 11.2 Å². The molecule has 2 heterocycles. The Morgan fingerprint density at radius 3 is 2.76 bits per heavy atom. The molecule has 3 atom stereocenters. The van der Waals surface area contributed by atoms with Gasteiger partial charge in [0.25, 0.3) is 0 Å². The second-order valence-electron chi connectivity index (χ2n) is 6.46. The van der Waals surface area contributed by atoms with Crippen LogP contribution in [-0.2, 0) is 19.6 Å². The smallest absolute Gasteiger partial charge is 0.220 e. The first-order valence-electron chi connectivity index (χ1n) is 7.85. The van der Waals surface area contributed by atoms with Crippen molar-refractivity contribution in [3.05, 3.63) is 0 Å². The Kier molecular flexibility index (Phi) is 4.25. The van der Waals surface area contributed by atoms with Crippen LogP contribution >= 0.6 is 0 Å². The minimum atomic E-state index is -3.14. The van der Waals surface area contributed by atoms with E-state index in [2.05, 4.69) is 5.32 Å². The first kappa shape index (κ1) is 15.2. The Labute approximate surface area is 126 Å². The van der Waals surface area contributed by atoms with Gasteiger partial charge in [-0.25, -0.2) is 8.42 Å². The summed E-state index contributed by atoms with van der Waals surface area (Å²) in [7, 11) is -3.14. The van der Waals surface area contributed by atoms with E-state index in [0.717, 1.165) is 0 Å². The third kappa shape index (κ3) is 3.40. The third-order valence-electron chi connectivity index (χ3n) is 4.90. The number of nitrogens with zero attached hydrogens (tertiary/aromatic N) is 1. The number of carbonyl (C=O) groups excluding carboxylic acids is 1. The quantitative estimate of drug-likeness (QED) is 0.759. The lowest BCUT2D eigenvalue weighted by atomic mass is 9.93. The molecule has 7 heteroatoms. The zero-order valence-corrected chi connectivity index (χ0v) is 13.3. The molecule has 6 nitrogen and oxygen atoms in total. The van der Waals surface area contributed by atoms with Crippen molar-refractivity contribution >= 4 is 15.9 Å². The van der Waals surface area contributed by atoms with Crippen LogP contribution < -0.4 is 5.32 Å². The summed E-state index contributed by atoms with van der Waals surface area (Å²) < 4.78 is 31.1. The fraction of sp³-hybridized carbons (Fsp3) is 0.929. The molecule has 1 N–H and O–H groups in total. The summed E-state index contributed by atoms with van der Waals surface area (Å²) in [5.74, 6) is 1.30. The third-order valence-corrected chi connectivity index (χ3v) is 6.71. The fourth-order valence-electron chi connectivity index (χ4n) is 3.28. The van der Waals surface area contributed by atoms with Crippen molar-refractivity contribution in [2.75, 3.05) is 32.0 Å². The summed E-state index contributed by atoms with van der Waals surface area (Å²) in [6, 6.07) is 0. The highest BCUT2D eigenvalue weighted by Gasteiger charge is 2.46. The molecular weight excluding hydrogens is 292 g/mol. The Morgan fingerprint density at radius 2 is 2.10 bits per heavy atom. The van der Waals surface area contributed by atoms with E-state index in [1.165, 1.54) is 12.8 Å². The predicted molar refractivity (Wildman–Crippen MR) is 78.1 cm³/mol. The molecule has 1 saturated carbocycles. The van der Waals surface area contributed by atoms with E-state index in [0.29, 0.717) is 38.6 Å². The molecule has 0 unspecified atom stereocenters. The van der Waals surface area contributed by atoms with E-state index in [4.69, 9.17) is 4.74 Å². The average Bonchev–Trinajstić information content (AvgIpc) is 3.01. The lowest BCUT2D eigenvalue weighted by Crippen LogP contribution is -2.35. The number of nitrogens with one attached hydrogen (secondary N) is 1. The molecule has 2 saturated heterocycles. The minimum Gasteiger partial charge on any atom is -0.376 e. The molecule has 1 aliphatic carbocycles. The minimum absolute atomic E-state index is 0.00309. The summed E-state index contributed by atoms with van der Waals surface area (Å²) in [5.41, 5.74) is 0. The van der Waals surface area contributed by atoms with Crippen LogP contribution in [0.2, 0.25) is 0 Å². The van der Waals surface area contributed by atoms with E-state index in [-0.39, 0.29) is 29.6 Å². The van der Waals surface area contributed by atoms with Crippen LogP contribution in [0.3, 0.4) is 0 Å². The van der Waals surface area contributed by atoms with Gasteiger partial charge in [-0.15, -0.1) is 0 Å². The van der Waals surface area contributed by atoms with Crippen LogP contribution in [0.25, 0.3) is 0 Å². The first-order chi connectivity index (χ1) is 9.99. The van der Waals surface area contributed by atoms with Crippen molar-refractivity contribution in [1.29, 1.82) is 0 Å². The predicted octanol–water partition coefficient (Wildman–Crippen LogP) is 0.199. The molecule has 0 bridgehead atoms. The average molecular weight is 316 g/mol. The van der Waals surface area contributed by atoms with Gasteiger partial charge < -0.3 is 10.1 Å². The zero-order valence-electron chi connectivity index (χ0n) is 12.5. The summed E-state index contributed by atoms with van der Waals surface area (Å²) in [5, 5.41) is 2.99. The second-order valence-corrected chi connectivity index (χ2v) is 8.72. The Morgan fingerprint density at radius 1 is 1.33 bits per heavy atom. The van der Waals surface area contributed by atoms with Crippen molar-refractivity contribution in [3.8, 4) is 0 Å². The molecule has 0 spiro atoms. The van der Waals surface area contributed by atoms with Gasteiger partial charge in [0.1, 0.15) is 0 Å². The topological polar surface area (TPSA) is 75.7 Å². The summed E-state index contributed by atoms with van der Waals surface area (Å²) in [4.78, 5) is 11.8. The van der Waals surface area contributed by atoms with Crippen molar-refractivity contribution in [2.24, 2.45) is 17.8 Å². The van der Waals surface area contributed by atoms with Crippen molar-refractivity contribution < 1.29 is 17.9 Å². The van der Waals surface area contributed by atoms with Crippen LogP contribution in [-0.4, -0.2) is 56.7 Å². The van der Waals surface area contributed by atoms with Gasteiger partial charge in [0.2, 0.25) is 15.9 Å². The van der Waals surface area contributed by atoms with E-state index >= 15 is 0 Å². The molecule has 1 amide bonds. The lowest BCUT2D eigenvalue weighted by Gasteiger charge is -2.19. The summed E-state index contributed by atoms with van der Waals surface area (Å²) in [6.45, 7) is 3.89. The van der Waals surface area contributed by atoms with Crippen LogP contribution in [0.1, 0.15) is 26.2 Å². The molecule has 3 fully saturated rings. The number of hydrogen-bond donors (Lipinski definition) is 1. The van der Waals surface area contributed by atoms with Crippen LogP contribution in [0, 0.1) is 17.8 Å². The summed E-state index contributed by atoms with van der Waals surface area (Å²) >= 11 is 0. The van der Waals surface area contributed by atoms with Gasteiger partial charge in [-0.2, -0.15) is 4.31 Å². The van der Waals surface area contributed by atoms with Crippen LogP contribution in [0.5, 0.6) is 0 Å². The van der Waals surface area contributed by atoms with E-state index in [1.807, 2.05) is 0 Å². The molecule has 21 heavy (non-hydrogen) atoms. The highest BCUT2D eigenvalue weighted by Crippen LogP contribution is 2.35. The molecule has 0 aromatic heterocycles.